The summed E-state index contributed by atoms with van der Waals surface area (Å²) in [5.74, 6) is -0.751. The van der Waals surface area contributed by atoms with Gasteiger partial charge < -0.3 is 14.6 Å². The predicted molar refractivity (Wildman–Crippen MR) is 108 cm³/mol. The van der Waals surface area contributed by atoms with Crippen LogP contribution in [0.15, 0.2) is 47.1 Å². The second-order valence-electron chi connectivity index (χ2n) is 7.19. The van der Waals surface area contributed by atoms with Gasteiger partial charge in [0.1, 0.15) is 18.3 Å². The topological polar surface area (TPSA) is 103 Å². The number of imide groups is 1. The van der Waals surface area contributed by atoms with Crippen molar-refractivity contribution in [1.82, 2.24) is 15.1 Å². The average molecular weight is 412 g/mol. The minimum Gasteiger partial charge on any atom is -0.467 e. The van der Waals surface area contributed by atoms with Gasteiger partial charge in [-0.15, -0.1) is 0 Å². The molecule has 2 heterocycles. The molecule has 1 aromatic heterocycles. The molecule has 0 saturated carbocycles. The lowest BCUT2D eigenvalue weighted by atomic mass is 10.2. The maximum Gasteiger partial charge on any atom is 0.332 e. The fourth-order valence-corrected chi connectivity index (χ4v) is 3.13. The van der Waals surface area contributed by atoms with Gasteiger partial charge in [0.15, 0.2) is 0 Å². The van der Waals surface area contributed by atoms with Crippen LogP contribution in [-0.4, -0.2) is 59.7 Å². The van der Waals surface area contributed by atoms with Gasteiger partial charge in [0, 0.05) is 12.7 Å². The Kier molecular flexibility index (Phi) is 6.20. The van der Waals surface area contributed by atoms with Crippen molar-refractivity contribution in [3.05, 3.63) is 54.0 Å². The van der Waals surface area contributed by atoms with Crippen LogP contribution in [0.1, 0.15) is 18.2 Å². The van der Waals surface area contributed by atoms with Crippen LogP contribution in [0.2, 0.25) is 0 Å². The number of aryl methyl sites for hydroxylation is 1. The summed E-state index contributed by atoms with van der Waals surface area (Å²) < 4.78 is 5.13. The number of furan rings is 1. The number of amides is 5. The normalized spacial score (nSPS) is 16.2. The Morgan fingerprint density at radius 3 is 2.50 bits per heavy atom. The first kappa shape index (κ1) is 21.1. The van der Waals surface area contributed by atoms with Crippen molar-refractivity contribution < 1.29 is 23.6 Å². The summed E-state index contributed by atoms with van der Waals surface area (Å²) in [6.45, 7) is 3.13. The third-order valence-corrected chi connectivity index (χ3v) is 4.90. The van der Waals surface area contributed by atoms with E-state index in [4.69, 9.17) is 4.42 Å². The monoisotopic (exact) mass is 412 g/mol. The third kappa shape index (κ3) is 4.51. The number of nitrogens with one attached hydrogen (secondary N) is 1. The predicted octanol–water partition coefficient (Wildman–Crippen LogP) is 1.52. The van der Waals surface area contributed by atoms with Gasteiger partial charge in [0.25, 0.3) is 5.91 Å². The van der Waals surface area contributed by atoms with Gasteiger partial charge >= 0.3 is 6.03 Å². The molecule has 1 fully saturated rings. The quantitative estimate of drug-likeness (QED) is 0.695. The second kappa shape index (κ2) is 8.81. The van der Waals surface area contributed by atoms with Gasteiger partial charge in [0.05, 0.1) is 19.4 Å². The molecule has 0 bridgehead atoms. The molecule has 1 N–H and O–H groups in total. The molecule has 9 heteroatoms. The van der Waals surface area contributed by atoms with Crippen molar-refractivity contribution in [2.24, 2.45) is 0 Å². The lowest BCUT2D eigenvalue weighted by molar-refractivity contribution is -0.138. The zero-order valence-corrected chi connectivity index (χ0v) is 17.1. The summed E-state index contributed by atoms with van der Waals surface area (Å²) in [6.07, 6.45) is 1.50. The Morgan fingerprint density at radius 1 is 1.17 bits per heavy atom. The van der Waals surface area contributed by atoms with Crippen molar-refractivity contribution in [3.63, 3.8) is 0 Å². The van der Waals surface area contributed by atoms with E-state index in [0.717, 1.165) is 10.5 Å². The molecule has 158 valence electrons. The smallest absolute Gasteiger partial charge is 0.332 e. The van der Waals surface area contributed by atoms with Crippen LogP contribution in [0.3, 0.4) is 0 Å². The molecule has 0 unspecified atom stereocenters. The number of nitrogens with zero attached hydrogens (tertiary/aromatic N) is 3. The number of hydrogen-bond acceptors (Lipinski definition) is 5. The molecule has 1 aliphatic rings. The van der Waals surface area contributed by atoms with Crippen LogP contribution in [0, 0.1) is 6.92 Å². The van der Waals surface area contributed by atoms with Gasteiger partial charge in [-0.3, -0.25) is 24.2 Å². The number of carbonyl (C=O) groups is 4. The highest BCUT2D eigenvalue weighted by Gasteiger charge is 2.44. The van der Waals surface area contributed by atoms with Crippen molar-refractivity contribution >= 4 is 29.4 Å². The zero-order valence-electron chi connectivity index (χ0n) is 17.1. The molecule has 5 amide bonds. The standard InChI is InChI=1S/C21H24N4O5/c1-14-6-8-16(9-7-14)25-15(2)20(28)24(21(25)29)13-19(27)23(3)12-18(26)22-11-17-5-4-10-30-17/h4-10,15H,11-13H2,1-3H3,(H,22,26)/t15-/m1/s1. The fraction of sp³-hybridized carbons (Fsp3) is 0.333. The number of benzene rings is 1. The van der Waals surface area contributed by atoms with Crippen LogP contribution in [0.4, 0.5) is 10.5 Å². The molecule has 2 aromatic rings. The van der Waals surface area contributed by atoms with Gasteiger partial charge in [-0.05, 0) is 38.1 Å². The Hall–Kier alpha value is -3.62. The average Bonchev–Trinajstić information content (AvgIpc) is 3.30. The van der Waals surface area contributed by atoms with Crippen molar-refractivity contribution in [1.29, 1.82) is 0 Å². The molecule has 0 spiro atoms. The molecule has 30 heavy (non-hydrogen) atoms. The molecule has 9 nitrogen and oxygen atoms in total. The van der Waals surface area contributed by atoms with Crippen molar-refractivity contribution in [3.8, 4) is 0 Å². The van der Waals surface area contributed by atoms with E-state index in [9.17, 15) is 19.2 Å². The van der Waals surface area contributed by atoms with Gasteiger partial charge in [-0.25, -0.2) is 4.79 Å². The van der Waals surface area contributed by atoms with Gasteiger partial charge in [-0.1, -0.05) is 17.7 Å². The lowest BCUT2D eigenvalue weighted by Gasteiger charge is -2.21. The van der Waals surface area contributed by atoms with Crippen LogP contribution >= 0.6 is 0 Å². The summed E-state index contributed by atoms with van der Waals surface area (Å²) in [5.41, 5.74) is 1.62. The van der Waals surface area contributed by atoms with Crippen LogP contribution < -0.4 is 10.2 Å². The molecule has 1 aliphatic heterocycles. The summed E-state index contributed by atoms with van der Waals surface area (Å²) in [6, 6.07) is 9.39. The third-order valence-electron chi connectivity index (χ3n) is 4.90. The summed E-state index contributed by atoms with van der Waals surface area (Å²) in [7, 11) is 1.45. The minimum absolute atomic E-state index is 0.201. The molecular weight excluding hydrogens is 388 g/mol. The molecule has 1 aromatic carbocycles. The highest BCUT2D eigenvalue weighted by atomic mass is 16.3. The Bertz CT molecular complexity index is 939. The Morgan fingerprint density at radius 2 is 1.87 bits per heavy atom. The van der Waals surface area contributed by atoms with E-state index in [2.05, 4.69) is 5.32 Å². The van der Waals surface area contributed by atoms with E-state index in [1.807, 2.05) is 19.1 Å². The summed E-state index contributed by atoms with van der Waals surface area (Å²) in [4.78, 5) is 53.4. The first-order chi connectivity index (χ1) is 14.3. The molecule has 1 atom stereocenters. The number of carbonyl (C=O) groups excluding carboxylic acids is 4. The number of likely N-dealkylation sites (N-methyl/N-ethyl adjacent to an activating group) is 1. The molecule has 0 aliphatic carbocycles. The highest BCUT2D eigenvalue weighted by molar-refractivity contribution is 6.15. The lowest BCUT2D eigenvalue weighted by Crippen LogP contribution is -2.45. The van der Waals surface area contributed by atoms with E-state index in [1.165, 1.54) is 23.1 Å². The van der Waals surface area contributed by atoms with E-state index in [-0.39, 0.29) is 19.0 Å². The molecule has 1 saturated heterocycles. The van der Waals surface area contributed by atoms with Gasteiger partial charge in [0.2, 0.25) is 11.8 Å². The largest absolute Gasteiger partial charge is 0.467 e. The fourth-order valence-electron chi connectivity index (χ4n) is 3.13. The zero-order chi connectivity index (χ0) is 21.8. The second-order valence-corrected chi connectivity index (χ2v) is 7.19. The number of anilines is 1. The molecule has 3 rings (SSSR count). The van der Waals surface area contributed by atoms with Gasteiger partial charge in [-0.2, -0.15) is 0 Å². The van der Waals surface area contributed by atoms with Crippen LogP contribution in [0.25, 0.3) is 0 Å². The number of urea groups is 1. The van der Waals surface area contributed by atoms with E-state index < -0.39 is 30.4 Å². The Labute approximate surface area is 174 Å². The summed E-state index contributed by atoms with van der Waals surface area (Å²) in [5, 5.41) is 2.64. The number of rotatable bonds is 7. The first-order valence-corrected chi connectivity index (χ1v) is 9.52. The number of hydrogen-bond donors (Lipinski definition) is 1. The maximum atomic E-state index is 12.8. The minimum atomic E-state index is -0.713. The molecule has 0 radical (unpaired) electrons. The van der Waals surface area contributed by atoms with Crippen molar-refractivity contribution in [2.45, 2.75) is 26.4 Å². The van der Waals surface area contributed by atoms with E-state index in [1.54, 1.807) is 31.2 Å². The van der Waals surface area contributed by atoms with E-state index in [0.29, 0.717) is 11.4 Å². The molecular formula is C21H24N4O5. The van der Waals surface area contributed by atoms with E-state index >= 15 is 0 Å². The maximum absolute atomic E-state index is 12.8. The SMILES string of the molecule is Cc1ccc(N2C(=O)N(CC(=O)N(C)CC(=O)NCc3ccco3)C(=O)[C@H]2C)cc1. The van der Waals surface area contributed by atoms with Crippen LogP contribution in [-0.2, 0) is 20.9 Å². The first-order valence-electron chi connectivity index (χ1n) is 9.52. The highest BCUT2D eigenvalue weighted by Crippen LogP contribution is 2.26. The Balaban J connectivity index is 1.58. The summed E-state index contributed by atoms with van der Waals surface area (Å²) >= 11 is 0. The van der Waals surface area contributed by atoms with Crippen LogP contribution in [0.5, 0.6) is 0 Å². The van der Waals surface area contributed by atoms with Crippen molar-refractivity contribution in [2.75, 3.05) is 25.0 Å².